The van der Waals surface area contributed by atoms with E-state index in [1.54, 1.807) is 0 Å². The first-order valence-electron chi connectivity index (χ1n) is 9.40. The topological polar surface area (TPSA) is 118 Å². The van der Waals surface area contributed by atoms with Gasteiger partial charge in [-0.25, -0.2) is 4.98 Å². The number of hydrogen-bond donors (Lipinski definition) is 5. The Morgan fingerprint density at radius 2 is 2.03 bits per heavy atom. The van der Waals surface area contributed by atoms with E-state index in [2.05, 4.69) is 31.2 Å². The Morgan fingerprint density at radius 3 is 2.73 bits per heavy atom. The fraction of sp³-hybridized carbons (Fsp3) is 0.300. The molecule has 1 aromatic heterocycles. The molecule has 0 atom stereocenters. The van der Waals surface area contributed by atoms with Crippen LogP contribution in [0.4, 0.5) is 11.8 Å². The van der Waals surface area contributed by atoms with Gasteiger partial charge in [0.25, 0.3) is 0 Å². The summed E-state index contributed by atoms with van der Waals surface area (Å²) in [6.07, 6.45) is 4.11. The standard InChI is InChI=1S/C20H27ClN8O/c1-29(2)9-8-24-18(30)14-23-12-16(10-22)27-20-26-13-17(21)19(28-20)25-11-15-6-4-3-5-7-15/h3-7,10,12-13,22-23H,8-9,11,14H2,1-2H3,(H,24,30)(H2,25,26,27,28)/b16-12+,22-10?. The van der Waals surface area contributed by atoms with Gasteiger partial charge in [0.15, 0.2) is 5.82 Å². The highest BCUT2D eigenvalue weighted by atomic mass is 35.5. The van der Waals surface area contributed by atoms with Crippen molar-refractivity contribution in [2.75, 3.05) is 44.4 Å². The number of allylic oxidation sites excluding steroid dienone is 1. The van der Waals surface area contributed by atoms with Gasteiger partial charge in [-0.05, 0) is 19.7 Å². The molecule has 2 rings (SSSR count). The predicted octanol–water partition coefficient (Wildman–Crippen LogP) is 1.91. The van der Waals surface area contributed by atoms with Crippen molar-refractivity contribution in [3.8, 4) is 0 Å². The van der Waals surface area contributed by atoms with Crippen LogP contribution >= 0.6 is 11.6 Å². The van der Waals surface area contributed by atoms with Crippen LogP contribution in [0.15, 0.2) is 48.4 Å². The highest BCUT2D eigenvalue weighted by molar-refractivity contribution is 6.32. The van der Waals surface area contributed by atoms with Gasteiger partial charge >= 0.3 is 0 Å². The van der Waals surface area contributed by atoms with E-state index in [0.717, 1.165) is 18.3 Å². The lowest BCUT2D eigenvalue weighted by atomic mass is 10.2. The monoisotopic (exact) mass is 430 g/mol. The minimum absolute atomic E-state index is 0.0950. The van der Waals surface area contributed by atoms with Gasteiger partial charge in [-0.15, -0.1) is 0 Å². The van der Waals surface area contributed by atoms with E-state index in [1.807, 2.05) is 49.3 Å². The lowest BCUT2D eigenvalue weighted by molar-refractivity contribution is -0.120. The SMILES string of the molecule is CN(C)CCNC(=O)CN/C=C(\C=N)Nc1ncc(Cl)c(NCc2ccccc2)n1. The first-order chi connectivity index (χ1) is 14.5. The van der Waals surface area contributed by atoms with Crippen molar-refractivity contribution in [2.45, 2.75) is 6.54 Å². The van der Waals surface area contributed by atoms with Crippen molar-refractivity contribution < 1.29 is 4.79 Å². The summed E-state index contributed by atoms with van der Waals surface area (Å²) in [7, 11) is 3.88. The van der Waals surface area contributed by atoms with Gasteiger partial charge in [0.05, 0.1) is 18.4 Å². The molecule has 0 bridgehead atoms. The summed E-state index contributed by atoms with van der Waals surface area (Å²) in [6, 6.07) is 9.87. The molecule has 1 aromatic carbocycles. The smallest absolute Gasteiger partial charge is 0.239 e. The molecule has 0 unspecified atom stereocenters. The molecule has 2 aromatic rings. The summed E-state index contributed by atoms with van der Waals surface area (Å²) in [4.78, 5) is 22.2. The predicted molar refractivity (Wildman–Crippen MR) is 121 cm³/mol. The number of rotatable bonds is 12. The van der Waals surface area contributed by atoms with E-state index in [4.69, 9.17) is 17.0 Å². The molecule has 0 aliphatic rings. The quantitative estimate of drug-likeness (QED) is 0.326. The minimum atomic E-state index is -0.132. The van der Waals surface area contributed by atoms with Crippen LogP contribution in [0, 0.1) is 5.41 Å². The zero-order valence-corrected chi connectivity index (χ0v) is 17.8. The average Bonchev–Trinajstić information content (AvgIpc) is 2.73. The van der Waals surface area contributed by atoms with E-state index in [1.165, 1.54) is 12.4 Å². The Balaban J connectivity index is 1.89. The van der Waals surface area contributed by atoms with Gasteiger partial charge in [-0.1, -0.05) is 41.9 Å². The second kappa shape index (κ2) is 12.4. The number of amides is 1. The van der Waals surface area contributed by atoms with Crippen LogP contribution in [-0.2, 0) is 11.3 Å². The molecule has 0 saturated heterocycles. The Kier molecular flexibility index (Phi) is 9.56. The molecule has 0 radical (unpaired) electrons. The molecule has 9 nitrogen and oxygen atoms in total. The number of carbonyl (C=O) groups excluding carboxylic acids is 1. The lowest BCUT2D eigenvalue weighted by Crippen LogP contribution is -2.36. The number of nitrogens with zero attached hydrogens (tertiary/aromatic N) is 3. The highest BCUT2D eigenvalue weighted by Gasteiger charge is 2.07. The van der Waals surface area contributed by atoms with Gasteiger partial charge < -0.3 is 31.6 Å². The van der Waals surface area contributed by atoms with Crippen molar-refractivity contribution in [3.63, 3.8) is 0 Å². The third-order valence-electron chi connectivity index (χ3n) is 3.86. The molecule has 160 valence electrons. The summed E-state index contributed by atoms with van der Waals surface area (Å²) in [5, 5.41) is 19.7. The maximum atomic E-state index is 11.8. The number of anilines is 2. The van der Waals surface area contributed by atoms with Crippen molar-refractivity contribution in [1.82, 2.24) is 25.5 Å². The molecular weight excluding hydrogens is 404 g/mol. The zero-order valence-electron chi connectivity index (χ0n) is 17.1. The first kappa shape index (κ1) is 23.1. The number of nitrogens with one attached hydrogen (secondary N) is 5. The Morgan fingerprint density at radius 1 is 1.27 bits per heavy atom. The van der Waals surface area contributed by atoms with Crippen LogP contribution in [0.2, 0.25) is 5.02 Å². The molecule has 1 amide bonds. The van der Waals surface area contributed by atoms with Crippen molar-refractivity contribution >= 4 is 35.5 Å². The normalized spacial score (nSPS) is 11.1. The van der Waals surface area contributed by atoms with Crippen LogP contribution in [0.3, 0.4) is 0 Å². The van der Waals surface area contributed by atoms with Gasteiger partial charge in [-0.2, -0.15) is 4.98 Å². The minimum Gasteiger partial charge on any atom is -0.380 e. The fourth-order valence-corrected chi connectivity index (χ4v) is 2.47. The van der Waals surface area contributed by atoms with Crippen LogP contribution in [0.25, 0.3) is 0 Å². The Hall–Kier alpha value is -3.17. The van der Waals surface area contributed by atoms with Gasteiger partial charge in [0, 0.05) is 32.0 Å². The molecular formula is C20H27ClN8O. The number of carbonyl (C=O) groups is 1. The third-order valence-corrected chi connectivity index (χ3v) is 4.14. The molecule has 0 spiro atoms. The highest BCUT2D eigenvalue weighted by Crippen LogP contribution is 2.20. The van der Waals surface area contributed by atoms with Crippen molar-refractivity contribution in [1.29, 1.82) is 5.41 Å². The Labute approximate surface area is 181 Å². The summed E-state index contributed by atoms with van der Waals surface area (Å²) in [6.45, 7) is 2.00. The molecule has 0 aliphatic carbocycles. The summed E-state index contributed by atoms with van der Waals surface area (Å²) in [5.74, 6) is 0.630. The number of benzene rings is 1. The van der Waals surface area contributed by atoms with E-state index in [-0.39, 0.29) is 18.4 Å². The second-order valence-corrected chi connectivity index (χ2v) is 7.04. The number of halogens is 1. The van der Waals surface area contributed by atoms with Crippen LogP contribution < -0.4 is 21.3 Å². The first-order valence-corrected chi connectivity index (χ1v) is 9.78. The van der Waals surface area contributed by atoms with E-state index in [0.29, 0.717) is 29.6 Å². The largest absolute Gasteiger partial charge is 0.380 e. The number of likely N-dealkylation sites (N-methyl/N-ethyl adjacent to an activating group) is 1. The van der Waals surface area contributed by atoms with Crippen LogP contribution in [0.5, 0.6) is 0 Å². The Bertz CT molecular complexity index is 857. The second-order valence-electron chi connectivity index (χ2n) is 6.63. The van der Waals surface area contributed by atoms with Crippen LogP contribution in [0.1, 0.15) is 5.56 Å². The summed E-state index contributed by atoms with van der Waals surface area (Å²) >= 11 is 6.18. The summed E-state index contributed by atoms with van der Waals surface area (Å²) < 4.78 is 0. The maximum Gasteiger partial charge on any atom is 0.239 e. The molecule has 10 heteroatoms. The number of hydrogen-bond acceptors (Lipinski definition) is 8. The van der Waals surface area contributed by atoms with E-state index < -0.39 is 0 Å². The summed E-state index contributed by atoms with van der Waals surface area (Å²) in [5.41, 5.74) is 1.49. The molecule has 1 heterocycles. The van der Waals surface area contributed by atoms with Gasteiger partial charge in [0.1, 0.15) is 5.02 Å². The number of aromatic nitrogens is 2. The molecule has 30 heavy (non-hydrogen) atoms. The average molecular weight is 431 g/mol. The maximum absolute atomic E-state index is 11.8. The van der Waals surface area contributed by atoms with E-state index in [9.17, 15) is 4.79 Å². The fourth-order valence-electron chi connectivity index (χ4n) is 2.31. The van der Waals surface area contributed by atoms with E-state index >= 15 is 0 Å². The third kappa shape index (κ3) is 8.46. The molecule has 5 N–H and O–H groups in total. The molecule has 0 aliphatic heterocycles. The van der Waals surface area contributed by atoms with Crippen LogP contribution in [-0.4, -0.2) is 60.7 Å². The van der Waals surface area contributed by atoms with Gasteiger partial charge in [-0.3, -0.25) is 4.79 Å². The van der Waals surface area contributed by atoms with Crippen molar-refractivity contribution in [2.24, 2.45) is 0 Å². The van der Waals surface area contributed by atoms with Crippen molar-refractivity contribution in [3.05, 3.63) is 59.0 Å². The zero-order chi connectivity index (χ0) is 21.8. The molecule has 0 fully saturated rings. The van der Waals surface area contributed by atoms with Gasteiger partial charge in [0.2, 0.25) is 11.9 Å². The molecule has 0 saturated carbocycles. The lowest BCUT2D eigenvalue weighted by Gasteiger charge is -2.11.